The molecule has 0 spiro atoms. The van der Waals surface area contributed by atoms with E-state index in [9.17, 15) is 12.3 Å². The van der Waals surface area contributed by atoms with Crippen LogP contribution in [0.1, 0.15) is 34.3 Å². The van der Waals surface area contributed by atoms with Crippen molar-refractivity contribution in [2.45, 2.75) is 0 Å². The van der Waals surface area contributed by atoms with Crippen LogP contribution in [-0.4, -0.2) is 19.5 Å². The van der Waals surface area contributed by atoms with E-state index in [1.165, 1.54) is 0 Å². The molecule has 57 heavy (non-hydrogen) atoms. The molecule has 0 saturated carbocycles. The summed E-state index contributed by atoms with van der Waals surface area (Å²) in [5, 5.41) is 2.25. The predicted molar refractivity (Wildman–Crippen MR) is 236 cm³/mol. The van der Waals surface area contributed by atoms with Gasteiger partial charge in [0.15, 0.2) is 17.5 Å². The van der Waals surface area contributed by atoms with Crippen LogP contribution in [0.25, 0.3) is 105 Å². The first kappa shape index (κ1) is 16.2. The SMILES string of the molecule is [2H]c1c([2H])c([2H])c(-c2c([2H])c([2H])c(-c3nc(-c4ccc5c(ccc6ccccc65)c4)nc(-c4c([2H])c([2H])c(-n5c6c([2H])c([2H])c([2H])c([2H])c6c6c([2H])c(-c7c([2H])c([2H])c([2H])c([2H])c7[2H])c([2H])c([2H])c65)c([2H])c4[2H])n3)c([2H])c2[2H])c([2H])c1[2H]. The van der Waals surface area contributed by atoms with Crippen molar-refractivity contribution in [2.75, 3.05) is 0 Å². The van der Waals surface area contributed by atoms with E-state index in [2.05, 4.69) is 15.0 Å². The second-order valence-corrected chi connectivity index (χ2v) is 12.5. The predicted octanol–water partition coefficient (Wildman–Crippen LogP) is 13.6. The number of hydrogen-bond acceptors (Lipinski definition) is 3. The summed E-state index contributed by atoms with van der Waals surface area (Å²) in [4.78, 5) is 13.7. The monoisotopic (exact) mass is 751 g/mol. The van der Waals surface area contributed by atoms with Crippen molar-refractivity contribution in [2.24, 2.45) is 0 Å². The number of nitrogens with zero attached hydrogens (tertiary/aromatic N) is 4. The molecule has 2 heterocycles. The number of rotatable bonds is 6. The Kier molecular flexibility index (Phi) is 3.85. The van der Waals surface area contributed by atoms with E-state index in [0.717, 1.165) is 20.7 Å². The largest absolute Gasteiger partial charge is 0.309 e. The molecule has 266 valence electrons. The molecule has 0 aliphatic carbocycles. The zero-order valence-corrected chi connectivity index (χ0v) is 29.0. The molecule has 0 amide bonds. The Labute approximate surface area is 365 Å². The van der Waals surface area contributed by atoms with Gasteiger partial charge in [-0.25, -0.2) is 15.0 Å². The lowest BCUT2D eigenvalue weighted by atomic mass is 10.00. The van der Waals surface area contributed by atoms with E-state index in [1.54, 1.807) is 18.2 Å². The topological polar surface area (TPSA) is 43.6 Å². The average molecular weight is 752 g/mol. The minimum absolute atomic E-state index is 0.244. The van der Waals surface area contributed by atoms with Crippen LogP contribution in [0.5, 0.6) is 0 Å². The van der Waals surface area contributed by atoms with Crippen LogP contribution in [0, 0.1) is 0 Å². The third kappa shape index (κ3) is 5.83. The van der Waals surface area contributed by atoms with E-state index >= 15 is 0 Å². The molecule has 11 rings (SSSR count). The lowest BCUT2D eigenvalue weighted by molar-refractivity contribution is 1.07. The van der Waals surface area contributed by atoms with Crippen LogP contribution < -0.4 is 0 Å². The lowest BCUT2D eigenvalue weighted by Gasteiger charge is -2.12. The molecule has 11 aromatic rings. The van der Waals surface area contributed by atoms with Gasteiger partial charge in [-0.15, -0.1) is 0 Å². The normalized spacial score (nSPS) is 17.6. The summed E-state index contributed by atoms with van der Waals surface area (Å²) in [5.41, 5.74) is -5.61. The minimum atomic E-state index is -0.970. The Morgan fingerprint density at radius 2 is 0.877 bits per heavy atom. The molecule has 0 radical (unpaired) electrons. The molecule has 0 fully saturated rings. The molecule has 2 aromatic heterocycles. The third-order valence-electron chi connectivity index (χ3n) is 9.20. The van der Waals surface area contributed by atoms with Gasteiger partial charge in [0, 0.05) is 33.2 Å². The van der Waals surface area contributed by atoms with E-state index in [4.69, 9.17) is 21.9 Å². The Morgan fingerprint density at radius 3 is 1.61 bits per heavy atom. The fourth-order valence-electron chi connectivity index (χ4n) is 6.57. The van der Waals surface area contributed by atoms with Crippen molar-refractivity contribution in [3.05, 3.63) is 206 Å². The fourth-order valence-corrected chi connectivity index (χ4v) is 6.57. The van der Waals surface area contributed by atoms with Gasteiger partial charge in [-0.1, -0.05) is 157 Å². The summed E-state index contributed by atoms with van der Waals surface area (Å²) in [6.45, 7) is 0. The smallest absolute Gasteiger partial charge is 0.164 e. The Bertz CT molecular complexity index is 4650. The van der Waals surface area contributed by atoms with E-state index in [1.807, 2.05) is 36.4 Å². The Morgan fingerprint density at radius 1 is 0.351 bits per heavy atom. The second-order valence-electron chi connectivity index (χ2n) is 12.5. The van der Waals surface area contributed by atoms with Gasteiger partial charge in [0.2, 0.25) is 0 Å². The summed E-state index contributed by atoms with van der Waals surface area (Å²) in [5.74, 6) is -1.49. The molecular formula is C53H34N4. The molecule has 0 aliphatic heterocycles. The third-order valence-corrected chi connectivity index (χ3v) is 9.20. The van der Waals surface area contributed by atoms with E-state index in [-0.39, 0.29) is 11.4 Å². The maximum atomic E-state index is 9.63. The molecule has 0 aliphatic rings. The van der Waals surface area contributed by atoms with Crippen LogP contribution in [0.4, 0.5) is 0 Å². The highest BCUT2D eigenvalue weighted by Gasteiger charge is 2.16. The van der Waals surface area contributed by atoms with Gasteiger partial charge in [0.25, 0.3) is 0 Å². The molecule has 0 atom stereocenters. The fraction of sp³-hybridized carbons (Fsp3) is 0. The number of benzene rings is 9. The van der Waals surface area contributed by atoms with Gasteiger partial charge in [-0.2, -0.15) is 0 Å². The van der Waals surface area contributed by atoms with E-state index < -0.39 is 224 Å². The van der Waals surface area contributed by atoms with Crippen LogP contribution in [-0.2, 0) is 0 Å². The summed E-state index contributed by atoms with van der Waals surface area (Å²) in [7, 11) is 0. The van der Waals surface area contributed by atoms with Crippen molar-refractivity contribution in [3.63, 3.8) is 0 Å². The molecule has 4 heteroatoms. The van der Waals surface area contributed by atoms with E-state index in [0.29, 0.717) is 5.39 Å². The Hall–Kier alpha value is -7.69. The number of aromatic nitrogens is 4. The first-order valence-corrected chi connectivity index (χ1v) is 17.2. The van der Waals surface area contributed by atoms with Crippen molar-refractivity contribution in [1.82, 2.24) is 19.5 Å². The van der Waals surface area contributed by atoms with Gasteiger partial charge in [0.05, 0.1) is 45.3 Å². The van der Waals surface area contributed by atoms with Crippen LogP contribution in [0.15, 0.2) is 206 Å². The summed E-state index contributed by atoms with van der Waals surface area (Å²) < 4.78 is 224. The van der Waals surface area contributed by atoms with Crippen LogP contribution in [0.3, 0.4) is 0 Å². The molecule has 9 aromatic carbocycles. The quantitative estimate of drug-likeness (QED) is 0.159. The second kappa shape index (κ2) is 13.6. The zero-order chi connectivity index (χ0) is 59.5. The number of hydrogen-bond donors (Lipinski definition) is 0. The summed E-state index contributed by atoms with van der Waals surface area (Å²) in [6.07, 6.45) is 0. The first-order chi connectivity index (χ1) is 38.6. The zero-order valence-electron chi connectivity index (χ0n) is 54.0. The molecule has 0 saturated heterocycles. The van der Waals surface area contributed by atoms with Gasteiger partial charge < -0.3 is 4.57 Å². The maximum Gasteiger partial charge on any atom is 0.164 e. The minimum Gasteiger partial charge on any atom is -0.309 e. The van der Waals surface area contributed by atoms with Gasteiger partial charge >= 0.3 is 0 Å². The summed E-state index contributed by atoms with van der Waals surface area (Å²) >= 11 is 0. The van der Waals surface area contributed by atoms with Gasteiger partial charge in [-0.05, 0) is 92.2 Å². The standard InChI is InChI=1S/C53H34N4/c1-3-11-35(12-4-1)37-19-22-39(23-20-37)51-54-52(56-53(55-51)43-27-31-46-42(33-43)24-21-38-15-7-8-16-45(38)46)40-25-29-44(30-26-40)57-49-18-10-9-17-47(49)48-34-41(28-32-50(48)57)36-13-5-2-6-14-36/h1-34H/i1D,2D,3D,4D,5D,6D,9D,10D,11D,12D,13D,14D,17D,18D,19D,20D,22D,23D,25D,26D,28D,29D,30D,32D,34D. The number of para-hydroxylation sites is 1. The van der Waals surface area contributed by atoms with Crippen molar-refractivity contribution >= 4 is 43.4 Å². The van der Waals surface area contributed by atoms with Gasteiger partial charge in [0.1, 0.15) is 0 Å². The highest BCUT2D eigenvalue weighted by Crippen LogP contribution is 2.36. The van der Waals surface area contributed by atoms with Crippen LogP contribution >= 0.6 is 0 Å². The molecule has 0 unspecified atom stereocenters. The van der Waals surface area contributed by atoms with Crippen molar-refractivity contribution < 1.29 is 34.3 Å². The highest BCUT2D eigenvalue weighted by molar-refractivity contribution is 6.11. The molecule has 0 N–H and O–H groups in total. The maximum absolute atomic E-state index is 9.63. The van der Waals surface area contributed by atoms with Crippen molar-refractivity contribution in [3.8, 4) is 62.1 Å². The average Bonchev–Trinajstić information content (AvgIpc) is 3.09. The molecule has 4 nitrogen and oxygen atoms in total. The van der Waals surface area contributed by atoms with Gasteiger partial charge in [-0.3, -0.25) is 0 Å². The Balaban J connectivity index is 1.21. The number of fused-ring (bicyclic) bond motifs is 6. The van der Waals surface area contributed by atoms with Crippen molar-refractivity contribution in [1.29, 1.82) is 0 Å². The molecular weight excluding hydrogens is 693 g/mol. The molecule has 0 bridgehead atoms. The summed E-state index contributed by atoms with van der Waals surface area (Å²) in [6, 6.07) is -5.12. The lowest BCUT2D eigenvalue weighted by Crippen LogP contribution is -2.01. The van der Waals surface area contributed by atoms with Crippen LogP contribution in [0.2, 0.25) is 0 Å². The first-order valence-electron chi connectivity index (χ1n) is 29.7. The highest BCUT2D eigenvalue weighted by atomic mass is 15.0.